The van der Waals surface area contributed by atoms with Crippen LogP contribution in [0.1, 0.15) is 17.4 Å². The molecule has 0 saturated carbocycles. The zero-order valence-electron chi connectivity index (χ0n) is 8.55. The average Bonchev–Trinajstić information content (AvgIpc) is 2.66. The second kappa shape index (κ2) is 4.95. The van der Waals surface area contributed by atoms with E-state index in [2.05, 4.69) is 11.6 Å². The largest absolute Gasteiger partial charge is 0.364 e. The molecule has 0 aliphatic rings. The quantitative estimate of drug-likeness (QED) is 0.755. The summed E-state index contributed by atoms with van der Waals surface area (Å²) in [5.41, 5.74) is 6.22. The van der Waals surface area contributed by atoms with Crippen LogP contribution in [0.4, 0.5) is 0 Å². The highest BCUT2D eigenvalue weighted by Gasteiger charge is 2.04. The topological polar surface area (TPSA) is 60.9 Å². The SMILES string of the molecule is C=C/C=C(\C=C/C)n1cnc(C(N)=O)c1. The van der Waals surface area contributed by atoms with Crippen LogP contribution in [-0.4, -0.2) is 15.5 Å². The van der Waals surface area contributed by atoms with Crippen molar-refractivity contribution in [3.63, 3.8) is 0 Å². The van der Waals surface area contributed by atoms with Gasteiger partial charge in [-0.2, -0.15) is 0 Å². The number of hydrogen-bond donors (Lipinski definition) is 1. The van der Waals surface area contributed by atoms with Crippen LogP contribution < -0.4 is 5.73 Å². The molecule has 0 aromatic carbocycles. The summed E-state index contributed by atoms with van der Waals surface area (Å²) in [5.74, 6) is -0.535. The fourth-order valence-corrected chi connectivity index (χ4v) is 1.11. The van der Waals surface area contributed by atoms with E-state index in [1.54, 1.807) is 16.8 Å². The Morgan fingerprint density at radius 1 is 1.67 bits per heavy atom. The van der Waals surface area contributed by atoms with E-state index in [-0.39, 0.29) is 5.69 Å². The maximum atomic E-state index is 10.8. The number of carbonyl (C=O) groups is 1. The van der Waals surface area contributed by atoms with Gasteiger partial charge in [0.25, 0.3) is 5.91 Å². The van der Waals surface area contributed by atoms with E-state index in [0.717, 1.165) is 5.70 Å². The van der Waals surface area contributed by atoms with Crippen molar-refractivity contribution in [2.24, 2.45) is 5.73 Å². The number of imidazole rings is 1. The van der Waals surface area contributed by atoms with Crippen LogP contribution in [0.5, 0.6) is 0 Å². The molecule has 0 atom stereocenters. The Kier molecular flexibility index (Phi) is 3.62. The third-order valence-corrected chi connectivity index (χ3v) is 1.76. The lowest BCUT2D eigenvalue weighted by molar-refractivity contribution is 0.0996. The first kappa shape index (κ1) is 11.0. The molecule has 0 spiro atoms. The molecular weight excluding hydrogens is 190 g/mol. The van der Waals surface area contributed by atoms with Gasteiger partial charge in [-0.1, -0.05) is 18.7 Å². The van der Waals surface area contributed by atoms with Gasteiger partial charge in [0.1, 0.15) is 12.0 Å². The molecule has 1 rings (SSSR count). The van der Waals surface area contributed by atoms with Gasteiger partial charge in [-0.15, -0.1) is 0 Å². The third-order valence-electron chi connectivity index (χ3n) is 1.76. The molecule has 0 radical (unpaired) electrons. The van der Waals surface area contributed by atoms with Crippen LogP contribution in [0.3, 0.4) is 0 Å². The Hall–Kier alpha value is -2.10. The van der Waals surface area contributed by atoms with Crippen molar-refractivity contribution >= 4 is 11.6 Å². The van der Waals surface area contributed by atoms with Crippen molar-refractivity contribution in [2.45, 2.75) is 6.92 Å². The van der Waals surface area contributed by atoms with E-state index in [9.17, 15) is 4.79 Å². The molecular formula is C11H13N3O. The van der Waals surface area contributed by atoms with Crippen molar-refractivity contribution < 1.29 is 4.79 Å². The molecule has 2 N–H and O–H groups in total. The monoisotopic (exact) mass is 203 g/mol. The van der Waals surface area contributed by atoms with Gasteiger partial charge in [0, 0.05) is 11.9 Å². The fourth-order valence-electron chi connectivity index (χ4n) is 1.11. The third kappa shape index (κ3) is 2.67. The average molecular weight is 203 g/mol. The zero-order chi connectivity index (χ0) is 11.3. The van der Waals surface area contributed by atoms with E-state index in [1.165, 1.54) is 6.33 Å². The predicted octanol–water partition coefficient (Wildman–Crippen LogP) is 1.58. The summed E-state index contributed by atoms with van der Waals surface area (Å²) >= 11 is 0. The van der Waals surface area contributed by atoms with Crippen molar-refractivity contribution in [3.05, 3.63) is 49.1 Å². The van der Waals surface area contributed by atoms with Gasteiger partial charge in [-0.3, -0.25) is 4.79 Å². The lowest BCUT2D eigenvalue weighted by Crippen LogP contribution is -2.11. The standard InChI is InChI=1S/C11H13N3O/c1-3-5-9(6-4-2)14-7-10(11(12)15)13-8-14/h3-8H,1H2,2H3,(H2,12,15)/b6-4-,9-5+. The lowest BCUT2D eigenvalue weighted by Gasteiger charge is -2.00. The second-order valence-corrected chi connectivity index (χ2v) is 2.86. The Balaban J connectivity index is 3.07. The van der Waals surface area contributed by atoms with Crippen LogP contribution in [0.25, 0.3) is 5.70 Å². The minimum absolute atomic E-state index is 0.245. The smallest absolute Gasteiger partial charge is 0.268 e. The van der Waals surface area contributed by atoms with Gasteiger partial charge in [0.2, 0.25) is 0 Å². The van der Waals surface area contributed by atoms with Gasteiger partial charge in [0.15, 0.2) is 0 Å². The number of rotatable bonds is 4. The molecule has 78 valence electrons. The van der Waals surface area contributed by atoms with Gasteiger partial charge in [0.05, 0.1) is 0 Å². The highest BCUT2D eigenvalue weighted by atomic mass is 16.1. The number of nitrogens with two attached hydrogens (primary N) is 1. The molecule has 0 bridgehead atoms. The van der Waals surface area contributed by atoms with Crippen molar-refractivity contribution in [3.8, 4) is 0 Å². The maximum Gasteiger partial charge on any atom is 0.268 e. The van der Waals surface area contributed by atoms with Gasteiger partial charge in [-0.05, 0) is 19.1 Å². The molecule has 1 aromatic heterocycles. The molecule has 1 aromatic rings. The first-order valence-electron chi connectivity index (χ1n) is 4.48. The number of aromatic nitrogens is 2. The summed E-state index contributed by atoms with van der Waals surface area (Å²) in [4.78, 5) is 14.7. The number of carbonyl (C=O) groups excluding carboxylic acids is 1. The van der Waals surface area contributed by atoms with E-state index < -0.39 is 5.91 Å². The van der Waals surface area contributed by atoms with Crippen LogP contribution in [0.15, 0.2) is 43.4 Å². The van der Waals surface area contributed by atoms with Crippen molar-refractivity contribution in [1.82, 2.24) is 9.55 Å². The second-order valence-electron chi connectivity index (χ2n) is 2.86. The molecule has 1 amide bonds. The number of hydrogen-bond acceptors (Lipinski definition) is 2. The number of allylic oxidation sites excluding steroid dienone is 5. The minimum atomic E-state index is -0.535. The Morgan fingerprint density at radius 3 is 2.87 bits per heavy atom. The molecule has 1 heterocycles. The maximum absolute atomic E-state index is 10.8. The Labute approximate surface area is 88.4 Å². The van der Waals surface area contributed by atoms with E-state index in [1.807, 2.05) is 25.2 Å². The first-order chi connectivity index (χ1) is 7.19. The molecule has 0 unspecified atom stereocenters. The van der Waals surface area contributed by atoms with Crippen LogP contribution in [0, 0.1) is 0 Å². The summed E-state index contributed by atoms with van der Waals surface area (Å²) in [5, 5.41) is 0. The number of primary amides is 1. The molecule has 15 heavy (non-hydrogen) atoms. The minimum Gasteiger partial charge on any atom is -0.364 e. The molecule has 4 nitrogen and oxygen atoms in total. The Morgan fingerprint density at radius 2 is 2.40 bits per heavy atom. The summed E-state index contributed by atoms with van der Waals surface area (Å²) in [6, 6.07) is 0. The predicted molar refractivity (Wildman–Crippen MR) is 60.0 cm³/mol. The van der Waals surface area contributed by atoms with Gasteiger partial charge < -0.3 is 10.3 Å². The normalized spacial score (nSPS) is 11.9. The van der Waals surface area contributed by atoms with Crippen LogP contribution in [-0.2, 0) is 0 Å². The highest BCUT2D eigenvalue weighted by Crippen LogP contribution is 2.08. The molecule has 0 aliphatic heterocycles. The number of amides is 1. The summed E-state index contributed by atoms with van der Waals surface area (Å²) in [6.07, 6.45) is 10.4. The van der Waals surface area contributed by atoms with Crippen LogP contribution >= 0.6 is 0 Å². The van der Waals surface area contributed by atoms with E-state index in [4.69, 9.17) is 5.73 Å². The van der Waals surface area contributed by atoms with E-state index >= 15 is 0 Å². The highest BCUT2D eigenvalue weighted by molar-refractivity contribution is 5.90. The van der Waals surface area contributed by atoms with Gasteiger partial charge >= 0.3 is 0 Å². The molecule has 0 saturated heterocycles. The molecule has 4 heteroatoms. The Bertz CT molecular complexity index is 427. The van der Waals surface area contributed by atoms with Crippen LogP contribution in [0.2, 0.25) is 0 Å². The number of nitrogens with zero attached hydrogens (tertiary/aromatic N) is 2. The van der Waals surface area contributed by atoms with E-state index in [0.29, 0.717) is 0 Å². The summed E-state index contributed by atoms with van der Waals surface area (Å²) in [7, 11) is 0. The van der Waals surface area contributed by atoms with Gasteiger partial charge in [-0.25, -0.2) is 4.98 Å². The van der Waals surface area contributed by atoms with Crippen molar-refractivity contribution in [1.29, 1.82) is 0 Å². The fraction of sp³-hybridized carbons (Fsp3) is 0.0909. The zero-order valence-corrected chi connectivity index (χ0v) is 8.55. The lowest BCUT2D eigenvalue weighted by atomic mass is 10.3. The van der Waals surface area contributed by atoms with Crippen molar-refractivity contribution in [2.75, 3.05) is 0 Å². The summed E-state index contributed by atoms with van der Waals surface area (Å²) < 4.78 is 1.71. The molecule has 0 aliphatic carbocycles. The summed E-state index contributed by atoms with van der Waals surface area (Å²) in [6.45, 7) is 5.52. The molecule has 0 fully saturated rings. The first-order valence-corrected chi connectivity index (χ1v) is 4.48.